The zero-order valence-electron chi connectivity index (χ0n) is 16.4. The summed E-state index contributed by atoms with van der Waals surface area (Å²) in [5.41, 5.74) is 1.20. The van der Waals surface area contributed by atoms with Crippen molar-refractivity contribution >= 4 is 18.4 Å². The maximum atomic E-state index is 11.4. The third-order valence-corrected chi connectivity index (χ3v) is 3.61. The summed E-state index contributed by atoms with van der Waals surface area (Å²) in [5.74, 6) is -0.987. The first-order valence-electron chi connectivity index (χ1n) is 9.26. The van der Waals surface area contributed by atoms with Gasteiger partial charge in [0.1, 0.15) is 0 Å². The molecule has 0 spiro atoms. The predicted molar refractivity (Wildman–Crippen MR) is 106 cm³/mol. The SMILES string of the molecule is CCCCC(=O)[O-].[Mn+3].[O-]c1ccccc1C=NCCCN=Cc1ccccc1[O-]. The van der Waals surface area contributed by atoms with E-state index in [-0.39, 0.29) is 35.0 Å². The molecule has 154 valence electrons. The molecule has 0 bridgehead atoms. The van der Waals surface area contributed by atoms with Crippen molar-refractivity contribution in [3.8, 4) is 11.5 Å². The summed E-state index contributed by atoms with van der Waals surface area (Å²) < 4.78 is 0. The number of unbranched alkanes of at least 4 members (excludes halogenated alkanes) is 1. The van der Waals surface area contributed by atoms with E-state index in [1.165, 1.54) is 12.1 Å². The molecule has 0 saturated heterocycles. The van der Waals surface area contributed by atoms with Crippen LogP contribution >= 0.6 is 0 Å². The van der Waals surface area contributed by atoms with Gasteiger partial charge in [0.2, 0.25) is 0 Å². The molecule has 0 aliphatic carbocycles. The predicted octanol–water partition coefficient (Wildman–Crippen LogP) is 1.69. The second kappa shape index (κ2) is 16.3. The number of benzene rings is 2. The average Bonchev–Trinajstić information content (AvgIpc) is 2.68. The molecule has 0 radical (unpaired) electrons. The van der Waals surface area contributed by atoms with Crippen molar-refractivity contribution in [1.29, 1.82) is 0 Å². The van der Waals surface area contributed by atoms with Crippen molar-refractivity contribution in [2.45, 2.75) is 32.6 Å². The van der Waals surface area contributed by atoms with Gasteiger partial charge in [-0.3, -0.25) is 9.98 Å². The molecule has 2 aromatic carbocycles. The van der Waals surface area contributed by atoms with Gasteiger partial charge in [-0.2, -0.15) is 0 Å². The summed E-state index contributed by atoms with van der Waals surface area (Å²) in [6.07, 6.45) is 5.83. The fraction of sp³-hybridized carbons (Fsp3) is 0.318. The molecular formula is C22H25MnN2O4. The van der Waals surface area contributed by atoms with Crippen LogP contribution in [0, 0.1) is 0 Å². The van der Waals surface area contributed by atoms with Crippen molar-refractivity contribution < 1.29 is 37.2 Å². The van der Waals surface area contributed by atoms with Gasteiger partial charge in [-0.15, -0.1) is 11.5 Å². The summed E-state index contributed by atoms with van der Waals surface area (Å²) in [4.78, 5) is 18.1. The fourth-order valence-corrected chi connectivity index (χ4v) is 2.07. The number of carbonyl (C=O) groups excluding carboxylic acids is 1. The topological polar surface area (TPSA) is 111 Å². The number of carbonyl (C=O) groups is 1. The van der Waals surface area contributed by atoms with E-state index in [4.69, 9.17) is 0 Å². The van der Waals surface area contributed by atoms with Crippen LogP contribution in [0.15, 0.2) is 58.5 Å². The van der Waals surface area contributed by atoms with Crippen molar-refractivity contribution in [3.05, 3.63) is 59.7 Å². The molecule has 29 heavy (non-hydrogen) atoms. The van der Waals surface area contributed by atoms with Gasteiger partial charge in [0, 0.05) is 31.5 Å². The molecule has 0 aliphatic heterocycles. The van der Waals surface area contributed by atoms with Gasteiger partial charge in [0.05, 0.1) is 0 Å². The van der Waals surface area contributed by atoms with Crippen LogP contribution in [0.3, 0.4) is 0 Å². The molecule has 2 aromatic rings. The number of para-hydroxylation sites is 2. The summed E-state index contributed by atoms with van der Waals surface area (Å²) >= 11 is 0. The quantitative estimate of drug-likeness (QED) is 0.338. The van der Waals surface area contributed by atoms with Crippen LogP contribution in [0.25, 0.3) is 0 Å². The van der Waals surface area contributed by atoms with Gasteiger partial charge < -0.3 is 20.1 Å². The number of rotatable bonds is 9. The first kappa shape index (κ1) is 26.4. The number of aliphatic carboxylic acids is 1. The summed E-state index contributed by atoms with van der Waals surface area (Å²) in [6.45, 7) is 3.15. The normalized spacial score (nSPS) is 10.4. The van der Waals surface area contributed by atoms with E-state index in [0.717, 1.165) is 19.3 Å². The maximum absolute atomic E-state index is 11.4. The van der Waals surface area contributed by atoms with E-state index >= 15 is 0 Å². The summed E-state index contributed by atoms with van der Waals surface area (Å²) in [6, 6.07) is 13.6. The zero-order chi connectivity index (χ0) is 20.6. The molecule has 0 fully saturated rings. The van der Waals surface area contributed by atoms with Crippen LogP contribution in [-0.2, 0) is 21.9 Å². The van der Waals surface area contributed by atoms with E-state index in [9.17, 15) is 20.1 Å². The molecule has 0 amide bonds. The van der Waals surface area contributed by atoms with Gasteiger partial charge in [-0.05, 0) is 30.4 Å². The van der Waals surface area contributed by atoms with E-state index in [1.54, 1.807) is 36.7 Å². The minimum absolute atomic E-state index is 0. The third-order valence-electron chi connectivity index (χ3n) is 3.61. The van der Waals surface area contributed by atoms with Crippen molar-refractivity contribution in [3.63, 3.8) is 0 Å². The molecule has 0 aromatic heterocycles. The van der Waals surface area contributed by atoms with Crippen LogP contribution in [0.2, 0.25) is 0 Å². The zero-order valence-corrected chi connectivity index (χ0v) is 17.6. The Morgan fingerprint density at radius 2 is 1.31 bits per heavy atom. The molecule has 6 nitrogen and oxygen atoms in total. The number of hydrogen-bond donors (Lipinski definition) is 0. The largest absolute Gasteiger partial charge is 3.00 e. The van der Waals surface area contributed by atoms with Gasteiger partial charge in [0.15, 0.2) is 0 Å². The van der Waals surface area contributed by atoms with Gasteiger partial charge >= 0.3 is 17.1 Å². The van der Waals surface area contributed by atoms with E-state index < -0.39 is 5.97 Å². The Kier molecular flexibility index (Phi) is 14.9. The van der Waals surface area contributed by atoms with Crippen molar-refractivity contribution in [2.24, 2.45) is 9.98 Å². The molecule has 7 heteroatoms. The number of hydrogen-bond acceptors (Lipinski definition) is 6. The molecular weight excluding hydrogens is 411 g/mol. The van der Waals surface area contributed by atoms with E-state index in [2.05, 4.69) is 9.98 Å². The van der Waals surface area contributed by atoms with Gasteiger partial charge in [-0.25, -0.2) is 0 Å². The molecule has 0 heterocycles. The van der Waals surface area contributed by atoms with Crippen LogP contribution < -0.4 is 15.3 Å². The minimum Gasteiger partial charge on any atom is -0.872 e. The third kappa shape index (κ3) is 12.4. The number of carboxylic acids is 1. The number of nitrogens with zero attached hydrogens (tertiary/aromatic N) is 2. The Balaban J connectivity index is 0.000000846. The molecule has 2 rings (SSSR count). The number of aliphatic imine (C=N–C) groups is 2. The van der Waals surface area contributed by atoms with Gasteiger partial charge in [-0.1, -0.05) is 61.9 Å². The Bertz CT molecular complexity index is 723. The van der Waals surface area contributed by atoms with E-state index in [1.807, 2.05) is 19.1 Å². The smallest absolute Gasteiger partial charge is 0.872 e. The molecule has 0 atom stereocenters. The minimum atomic E-state index is -0.943. The monoisotopic (exact) mass is 436 g/mol. The first-order valence-corrected chi connectivity index (χ1v) is 9.26. The maximum Gasteiger partial charge on any atom is 3.00 e. The average molecular weight is 436 g/mol. The Labute approximate surface area is 182 Å². The van der Waals surface area contributed by atoms with E-state index in [0.29, 0.717) is 24.2 Å². The fourth-order valence-electron chi connectivity index (χ4n) is 2.07. The Morgan fingerprint density at radius 3 is 1.66 bits per heavy atom. The van der Waals surface area contributed by atoms with Crippen molar-refractivity contribution in [2.75, 3.05) is 13.1 Å². The molecule has 0 saturated carbocycles. The van der Waals surface area contributed by atoms with Crippen LogP contribution in [-0.4, -0.2) is 31.5 Å². The second-order valence-electron chi connectivity index (χ2n) is 5.98. The Morgan fingerprint density at radius 1 is 0.862 bits per heavy atom. The standard InChI is InChI=1S/C17H18N2O2.C5H10O2.Mn/c20-16-8-3-1-6-14(16)12-18-10-5-11-19-13-15-7-2-4-9-17(15)21;1-2-3-4-5(6)7;/h1-4,6-9,12-13,20-21H,5,10-11H2;2-4H2,1H3,(H,6,7);/q;;+3/p-3. The molecule has 0 N–H and O–H groups in total. The first-order chi connectivity index (χ1) is 13.5. The van der Waals surface area contributed by atoms with Crippen LogP contribution in [0.4, 0.5) is 0 Å². The van der Waals surface area contributed by atoms with Crippen LogP contribution in [0.1, 0.15) is 43.7 Å². The van der Waals surface area contributed by atoms with Crippen LogP contribution in [0.5, 0.6) is 11.5 Å². The second-order valence-corrected chi connectivity index (χ2v) is 5.98. The van der Waals surface area contributed by atoms with Crippen molar-refractivity contribution in [1.82, 2.24) is 0 Å². The Hall–Kier alpha value is -2.63. The summed E-state index contributed by atoms with van der Waals surface area (Å²) in [5, 5.41) is 32.5. The number of carboxylic acid groups (broad SMARTS) is 1. The molecule has 0 unspecified atom stereocenters. The molecule has 0 aliphatic rings. The summed E-state index contributed by atoms with van der Waals surface area (Å²) in [7, 11) is 0. The van der Waals surface area contributed by atoms with Gasteiger partial charge in [0.25, 0.3) is 0 Å².